The van der Waals surface area contributed by atoms with E-state index in [0.717, 1.165) is 105 Å². The van der Waals surface area contributed by atoms with Gasteiger partial charge in [-0.05, 0) is 112 Å². The second-order valence-corrected chi connectivity index (χ2v) is 15.4. The van der Waals surface area contributed by atoms with Crippen molar-refractivity contribution in [2.24, 2.45) is 0 Å². The lowest BCUT2D eigenvalue weighted by Gasteiger charge is -2.40. The van der Waals surface area contributed by atoms with Gasteiger partial charge in [0.25, 0.3) is 11.8 Å². The number of benzene rings is 2. The van der Waals surface area contributed by atoms with Gasteiger partial charge < -0.3 is 23.8 Å². The van der Waals surface area contributed by atoms with Crippen molar-refractivity contribution in [3.05, 3.63) is 89.2 Å². The van der Waals surface area contributed by atoms with E-state index < -0.39 is 29.7 Å². The molecule has 3 fully saturated rings. The number of fused-ring (bicyclic) bond motifs is 2. The van der Waals surface area contributed by atoms with Crippen molar-refractivity contribution >= 4 is 34.5 Å². The topological polar surface area (TPSA) is 149 Å². The quantitative estimate of drug-likeness (QED) is 0.114. The first-order valence-electron chi connectivity index (χ1n) is 20.2. The molecule has 4 aromatic rings. The molecule has 1 N–H and O–H groups in total. The van der Waals surface area contributed by atoms with Crippen molar-refractivity contribution < 1.29 is 38.1 Å². The molecule has 4 amide bonds. The number of imide groups is 2. The molecule has 2 saturated heterocycles. The number of amides is 4. The van der Waals surface area contributed by atoms with Crippen LogP contribution in [0.25, 0.3) is 10.9 Å². The lowest BCUT2D eigenvalue weighted by Crippen LogP contribution is -2.54. The number of nitrogens with one attached hydrogen (secondary N) is 1. The van der Waals surface area contributed by atoms with Crippen LogP contribution in [0.3, 0.4) is 0 Å². The summed E-state index contributed by atoms with van der Waals surface area (Å²) in [5.74, 6) is -0.0439. The Morgan fingerprint density at radius 3 is 2.44 bits per heavy atom. The maximum Gasteiger partial charge on any atom is 0.262 e. The second-order valence-electron chi connectivity index (χ2n) is 15.4. The van der Waals surface area contributed by atoms with Crippen LogP contribution in [0.1, 0.15) is 89.8 Å². The van der Waals surface area contributed by atoms with E-state index in [1.54, 1.807) is 31.5 Å². The van der Waals surface area contributed by atoms with Crippen molar-refractivity contribution in [1.82, 2.24) is 25.1 Å². The predicted octanol–water partition coefficient (Wildman–Crippen LogP) is 5.46. The zero-order valence-electron chi connectivity index (χ0n) is 32.3. The molecule has 8 rings (SSSR count). The van der Waals surface area contributed by atoms with Gasteiger partial charge in [-0.25, -0.2) is 4.98 Å². The van der Waals surface area contributed by atoms with Crippen LogP contribution in [0.15, 0.2) is 66.9 Å². The van der Waals surface area contributed by atoms with E-state index in [1.165, 1.54) is 5.56 Å². The third-order valence-electron chi connectivity index (χ3n) is 11.5. The number of aryl methyl sites for hydroxylation is 2. The third-order valence-corrected chi connectivity index (χ3v) is 11.5. The maximum atomic E-state index is 13.1. The summed E-state index contributed by atoms with van der Waals surface area (Å²) in [6.07, 6.45) is 11.3. The molecule has 3 aliphatic heterocycles. The molecule has 298 valence electrons. The number of aromatic nitrogens is 2. The Bertz CT molecular complexity index is 2130. The van der Waals surface area contributed by atoms with E-state index in [1.807, 2.05) is 24.3 Å². The van der Waals surface area contributed by atoms with E-state index >= 15 is 0 Å². The number of nitrogens with zero attached hydrogens (tertiary/aromatic N) is 4. The molecule has 0 bridgehead atoms. The van der Waals surface area contributed by atoms with Gasteiger partial charge >= 0.3 is 0 Å². The van der Waals surface area contributed by atoms with Gasteiger partial charge in [0.05, 0.1) is 42.6 Å². The number of hydrogen-bond acceptors (Lipinski definition) is 11. The Kier molecular flexibility index (Phi) is 11.7. The Labute approximate surface area is 332 Å². The van der Waals surface area contributed by atoms with Gasteiger partial charge in [0.15, 0.2) is 0 Å². The monoisotopic (exact) mass is 775 g/mol. The number of carbonyl (C=O) groups is 4. The van der Waals surface area contributed by atoms with Gasteiger partial charge in [-0.2, -0.15) is 0 Å². The molecule has 57 heavy (non-hydrogen) atoms. The van der Waals surface area contributed by atoms with Crippen molar-refractivity contribution in [3.63, 3.8) is 0 Å². The first kappa shape index (κ1) is 38.5. The second kappa shape index (κ2) is 17.4. The highest BCUT2D eigenvalue weighted by atomic mass is 16.5. The first-order valence-corrected chi connectivity index (χ1v) is 20.2. The smallest absolute Gasteiger partial charge is 0.262 e. The summed E-state index contributed by atoms with van der Waals surface area (Å²) < 4.78 is 23.9. The number of carbonyl (C=O) groups excluding carboxylic acids is 4. The van der Waals surface area contributed by atoms with Gasteiger partial charge in [0.1, 0.15) is 23.6 Å². The predicted molar refractivity (Wildman–Crippen MR) is 210 cm³/mol. The molecule has 1 saturated carbocycles. The van der Waals surface area contributed by atoms with E-state index in [4.69, 9.17) is 23.9 Å². The summed E-state index contributed by atoms with van der Waals surface area (Å²) >= 11 is 0. The lowest BCUT2D eigenvalue weighted by atomic mass is 9.91. The van der Waals surface area contributed by atoms with Crippen molar-refractivity contribution in [1.29, 1.82) is 0 Å². The van der Waals surface area contributed by atoms with Crippen LogP contribution in [-0.2, 0) is 27.2 Å². The Hall–Kier alpha value is -5.40. The fraction of sp³-hybridized carbons (Fsp3) is 0.455. The van der Waals surface area contributed by atoms with E-state index in [-0.39, 0.29) is 36.2 Å². The summed E-state index contributed by atoms with van der Waals surface area (Å²) in [5, 5.41) is 3.29. The van der Waals surface area contributed by atoms with Gasteiger partial charge in [0.2, 0.25) is 17.7 Å². The molecule has 2 aromatic carbocycles. The average Bonchev–Trinajstić information content (AvgIpc) is 3.45. The van der Waals surface area contributed by atoms with Crippen LogP contribution in [0, 0.1) is 0 Å². The van der Waals surface area contributed by atoms with Crippen molar-refractivity contribution in [3.8, 4) is 17.4 Å². The minimum Gasteiger partial charge on any atom is -0.494 e. The molecule has 13 nitrogen and oxygen atoms in total. The SMILES string of the molecule is COc1cc(CCc2ccc3cc(O[C@H]4C[C@H](OC5CCN(CCCCCOc6ccc7c(c6)C(=O)N(C6CCC(=O)NC6=O)C7=O)CC5)C4)ccc3n2)ccn1. The number of methoxy groups -OCH3 is 1. The molecule has 4 aliphatic rings. The Morgan fingerprint density at radius 1 is 0.789 bits per heavy atom. The molecular formula is C44H49N5O8. The summed E-state index contributed by atoms with van der Waals surface area (Å²) in [6, 6.07) is 18.2. The third kappa shape index (κ3) is 9.10. The number of ether oxygens (including phenoxy) is 4. The van der Waals surface area contributed by atoms with E-state index in [9.17, 15) is 19.2 Å². The molecule has 0 radical (unpaired) electrons. The number of hydrogen-bond donors (Lipinski definition) is 1. The fourth-order valence-corrected chi connectivity index (χ4v) is 8.15. The Morgan fingerprint density at radius 2 is 1.61 bits per heavy atom. The molecular weight excluding hydrogens is 727 g/mol. The molecule has 0 spiro atoms. The number of rotatable bonds is 16. The minimum absolute atomic E-state index is 0.0876. The van der Waals surface area contributed by atoms with Crippen LogP contribution >= 0.6 is 0 Å². The van der Waals surface area contributed by atoms with Gasteiger partial charge in [0, 0.05) is 55.7 Å². The van der Waals surface area contributed by atoms with Crippen LogP contribution in [0.5, 0.6) is 17.4 Å². The number of piperidine rings is 2. The normalized spacial score (nSPS) is 21.4. The van der Waals surface area contributed by atoms with Crippen LogP contribution in [0.4, 0.5) is 0 Å². The summed E-state index contributed by atoms with van der Waals surface area (Å²) in [4.78, 5) is 62.4. The van der Waals surface area contributed by atoms with E-state index in [0.29, 0.717) is 24.3 Å². The Balaban J connectivity index is 0.686. The zero-order valence-corrected chi connectivity index (χ0v) is 32.3. The molecule has 5 heterocycles. The highest BCUT2D eigenvalue weighted by molar-refractivity contribution is 6.23. The van der Waals surface area contributed by atoms with Crippen molar-refractivity contribution in [2.75, 3.05) is 33.4 Å². The number of likely N-dealkylation sites (tertiary alicyclic amines) is 1. The first-order chi connectivity index (χ1) is 27.8. The molecule has 1 unspecified atom stereocenters. The average molecular weight is 776 g/mol. The fourth-order valence-electron chi connectivity index (χ4n) is 8.15. The largest absolute Gasteiger partial charge is 0.494 e. The maximum absolute atomic E-state index is 13.1. The lowest BCUT2D eigenvalue weighted by molar-refractivity contribution is -0.136. The number of pyridine rings is 2. The summed E-state index contributed by atoms with van der Waals surface area (Å²) in [7, 11) is 1.63. The highest BCUT2D eigenvalue weighted by Gasteiger charge is 2.44. The van der Waals surface area contributed by atoms with E-state index in [2.05, 4.69) is 33.4 Å². The summed E-state index contributed by atoms with van der Waals surface area (Å²) in [6.45, 7) is 3.62. The summed E-state index contributed by atoms with van der Waals surface area (Å²) in [5.41, 5.74) is 3.67. The van der Waals surface area contributed by atoms with Crippen LogP contribution in [0.2, 0.25) is 0 Å². The number of unbranched alkanes of at least 4 members (excludes halogenated alkanes) is 2. The highest BCUT2D eigenvalue weighted by Crippen LogP contribution is 2.33. The van der Waals surface area contributed by atoms with Crippen LogP contribution in [-0.4, -0.2) is 101 Å². The van der Waals surface area contributed by atoms with Crippen molar-refractivity contribution in [2.45, 2.75) is 95.0 Å². The molecule has 2 aromatic heterocycles. The van der Waals surface area contributed by atoms with Crippen LogP contribution < -0.4 is 19.5 Å². The standard InChI is InChI=1S/C44H49N5O8/c1-54-41-23-28(15-18-45-41)5-7-30-8-6-29-24-33(10-12-38(29)46-30)57-35-25-34(26-35)56-31-16-20-48(21-17-31)19-3-2-4-22-55-32-9-11-36-37(27-32)44(53)49(43(36)52)39-13-14-40(50)47-42(39)51/h6,8-12,15,18,23-24,27,31,34-35,39H,2-5,7,13-14,16-17,19-22,25-26H2,1H3,(H,47,50,51)/t34-,35-,39?. The molecule has 13 heteroatoms. The minimum atomic E-state index is -0.980. The van der Waals surface area contributed by atoms with Gasteiger partial charge in [-0.1, -0.05) is 6.07 Å². The molecule has 1 aliphatic carbocycles. The van der Waals surface area contributed by atoms with Gasteiger partial charge in [-0.3, -0.25) is 34.4 Å². The van der Waals surface area contributed by atoms with Gasteiger partial charge in [-0.15, -0.1) is 0 Å². The zero-order chi connectivity index (χ0) is 39.3. The molecule has 1 atom stereocenters.